The topological polar surface area (TPSA) is 55.2 Å². The van der Waals surface area contributed by atoms with Gasteiger partial charge in [0.05, 0.1) is 4.92 Å². The third-order valence-corrected chi connectivity index (χ3v) is 2.88. The van der Waals surface area contributed by atoms with Crippen molar-refractivity contribution < 1.29 is 9.31 Å². The number of hydrogen-bond donors (Lipinski definition) is 1. The number of halogens is 1. The van der Waals surface area contributed by atoms with Crippen LogP contribution >= 0.6 is 0 Å². The first kappa shape index (κ1) is 12.6. The van der Waals surface area contributed by atoms with Gasteiger partial charge >= 0.3 is 0 Å². The van der Waals surface area contributed by atoms with Crippen molar-refractivity contribution in [2.45, 2.75) is 25.8 Å². The summed E-state index contributed by atoms with van der Waals surface area (Å²) in [5.41, 5.74) is 0.392. The average Bonchev–Trinajstić information content (AvgIpc) is 2.26. The molecule has 1 aromatic rings. The molecule has 1 rings (SSSR count). The largest absolute Gasteiger partial charge is 0.317 e. The standard InChI is InChI=1S/C11H15FN2O2/c1-7(8(2)13-3)10-6-9(12)4-5-11(10)14(15)16/h4-8,13H,1-3H3. The molecule has 2 unspecified atom stereocenters. The van der Waals surface area contributed by atoms with Crippen molar-refractivity contribution in [1.82, 2.24) is 5.32 Å². The molecule has 0 fully saturated rings. The van der Waals surface area contributed by atoms with E-state index in [2.05, 4.69) is 5.32 Å². The maximum Gasteiger partial charge on any atom is 0.273 e. The van der Waals surface area contributed by atoms with Gasteiger partial charge in [-0.1, -0.05) is 6.92 Å². The van der Waals surface area contributed by atoms with Gasteiger partial charge in [-0.05, 0) is 26.1 Å². The molecule has 0 saturated carbocycles. The van der Waals surface area contributed by atoms with E-state index in [1.54, 1.807) is 7.05 Å². The fourth-order valence-electron chi connectivity index (χ4n) is 1.58. The predicted octanol–water partition coefficient (Wildman–Crippen LogP) is 2.45. The molecular weight excluding hydrogens is 211 g/mol. The Morgan fingerprint density at radius 1 is 1.44 bits per heavy atom. The molecule has 4 nitrogen and oxygen atoms in total. The molecule has 0 spiro atoms. The lowest BCUT2D eigenvalue weighted by molar-refractivity contribution is -0.385. The molecule has 0 aromatic heterocycles. The number of nitrogens with one attached hydrogen (secondary N) is 1. The van der Waals surface area contributed by atoms with Gasteiger partial charge in [-0.15, -0.1) is 0 Å². The summed E-state index contributed by atoms with van der Waals surface area (Å²) in [6.45, 7) is 3.74. The van der Waals surface area contributed by atoms with Crippen molar-refractivity contribution in [3.63, 3.8) is 0 Å². The summed E-state index contributed by atoms with van der Waals surface area (Å²) < 4.78 is 13.1. The van der Waals surface area contributed by atoms with E-state index in [0.717, 1.165) is 6.07 Å². The Morgan fingerprint density at radius 3 is 2.56 bits per heavy atom. The second-order valence-corrected chi connectivity index (χ2v) is 3.83. The normalized spacial score (nSPS) is 14.5. The molecule has 0 amide bonds. The van der Waals surface area contributed by atoms with Crippen molar-refractivity contribution in [1.29, 1.82) is 0 Å². The lowest BCUT2D eigenvalue weighted by Crippen LogP contribution is -2.27. The third-order valence-electron chi connectivity index (χ3n) is 2.88. The first-order chi connectivity index (χ1) is 7.47. The molecule has 5 heteroatoms. The van der Waals surface area contributed by atoms with Gasteiger partial charge in [-0.25, -0.2) is 4.39 Å². The van der Waals surface area contributed by atoms with Gasteiger partial charge in [0.15, 0.2) is 0 Å². The quantitative estimate of drug-likeness (QED) is 0.633. The molecule has 0 aliphatic heterocycles. The van der Waals surface area contributed by atoms with Crippen molar-refractivity contribution in [3.05, 3.63) is 39.7 Å². The monoisotopic (exact) mass is 226 g/mol. The van der Waals surface area contributed by atoms with E-state index >= 15 is 0 Å². The summed E-state index contributed by atoms with van der Waals surface area (Å²) in [5.74, 6) is -0.572. The van der Waals surface area contributed by atoms with E-state index < -0.39 is 10.7 Å². The van der Waals surface area contributed by atoms with E-state index in [1.165, 1.54) is 12.1 Å². The number of hydrogen-bond acceptors (Lipinski definition) is 3. The van der Waals surface area contributed by atoms with Crippen LogP contribution in [0.1, 0.15) is 25.3 Å². The SMILES string of the molecule is CNC(C)C(C)c1cc(F)ccc1[N+](=O)[O-]. The van der Waals surface area contributed by atoms with Crippen LogP contribution in [-0.2, 0) is 0 Å². The number of benzene rings is 1. The molecule has 0 radical (unpaired) electrons. The van der Waals surface area contributed by atoms with Gasteiger partial charge in [-0.2, -0.15) is 0 Å². The first-order valence-corrected chi connectivity index (χ1v) is 5.08. The highest BCUT2D eigenvalue weighted by molar-refractivity contribution is 5.43. The van der Waals surface area contributed by atoms with Gasteiger partial charge in [0.2, 0.25) is 0 Å². The smallest absolute Gasteiger partial charge is 0.273 e. The van der Waals surface area contributed by atoms with E-state index in [4.69, 9.17) is 0 Å². The van der Waals surface area contributed by atoms with Gasteiger partial charge in [0.25, 0.3) is 5.69 Å². The summed E-state index contributed by atoms with van der Waals surface area (Å²) in [6, 6.07) is 3.60. The highest BCUT2D eigenvalue weighted by Crippen LogP contribution is 2.29. The molecule has 2 atom stereocenters. The number of nitrogens with zero attached hydrogens (tertiary/aromatic N) is 1. The van der Waals surface area contributed by atoms with Crippen molar-refractivity contribution >= 4 is 5.69 Å². The van der Waals surface area contributed by atoms with Crippen LogP contribution in [-0.4, -0.2) is 18.0 Å². The maximum absolute atomic E-state index is 13.1. The number of likely N-dealkylation sites (N-methyl/N-ethyl adjacent to an activating group) is 1. The molecule has 0 bridgehead atoms. The van der Waals surface area contributed by atoms with Crippen molar-refractivity contribution in [3.8, 4) is 0 Å². The predicted molar refractivity (Wildman–Crippen MR) is 60.0 cm³/mol. The zero-order valence-corrected chi connectivity index (χ0v) is 9.53. The van der Waals surface area contributed by atoms with Crippen LogP contribution < -0.4 is 5.32 Å². The Kier molecular flexibility index (Phi) is 3.95. The lowest BCUT2D eigenvalue weighted by atomic mass is 9.93. The number of rotatable bonds is 4. The molecular formula is C11H15FN2O2. The summed E-state index contributed by atoms with van der Waals surface area (Å²) in [6.07, 6.45) is 0. The highest BCUT2D eigenvalue weighted by atomic mass is 19.1. The van der Waals surface area contributed by atoms with E-state index in [0.29, 0.717) is 5.56 Å². The van der Waals surface area contributed by atoms with E-state index in [9.17, 15) is 14.5 Å². The lowest BCUT2D eigenvalue weighted by Gasteiger charge is -2.19. The molecule has 1 aromatic carbocycles. The van der Waals surface area contributed by atoms with Crippen molar-refractivity contribution in [2.24, 2.45) is 0 Å². The average molecular weight is 226 g/mol. The van der Waals surface area contributed by atoms with Crippen LogP contribution in [0.25, 0.3) is 0 Å². The van der Waals surface area contributed by atoms with E-state index in [1.807, 2.05) is 13.8 Å². The molecule has 1 N–H and O–H groups in total. The number of nitro benzene ring substituents is 1. The molecule has 0 aliphatic carbocycles. The summed E-state index contributed by atoms with van der Waals surface area (Å²) >= 11 is 0. The van der Waals surface area contributed by atoms with Gasteiger partial charge in [-0.3, -0.25) is 10.1 Å². The summed E-state index contributed by atoms with van der Waals surface area (Å²) in [5, 5.41) is 13.8. The summed E-state index contributed by atoms with van der Waals surface area (Å²) in [7, 11) is 1.77. The Hall–Kier alpha value is -1.49. The van der Waals surface area contributed by atoms with E-state index in [-0.39, 0.29) is 17.6 Å². The minimum Gasteiger partial charge on any atom is -0.317 e. The van der Waals surface area contributed by atoms with Crippen LogP contribution in [0.5, 0.6) is 0 Å². The minimum atomic E-state index is -0.479. The molecule has 88 valence electrons. The van der Waals surface area contributed by atoms with Gasteiger partial charge in [0, 0.05) is 23.6 Å². The maximum atomic E-state index is 13.1. The second kappa shape index (κ2) is 5.03. The minimum absolute atomic E-state index is 0.0315. The number of nitro groups is 1. The second-order valence-electron chi connectivity index (χ2n) is 3.83. The Morgan fingerprint density at radius 2 is 2.06 bits per heavy atom. The molecule has 0 saturated heterocycles. The zero-order valence-electron chi connectivity index (χ0n) is 9.53. The summed E-state index contributed by atoms with van der Waals surface area (Å²) in [4.78, 5) is 10.3. The third kappa shape index (κ3) is 2.55. The Balaban J connectivity index is 3.19. The molecule has 0 aliphatic rings. The van der Waals surface area contributed by atoms with Crippen LogP contribution in [0.2, 0.25) is 0 Å². The molecule has 16 heavy (non-hydrogen) atoms. The molecule has 0 heterocycles. The zero-order chi connectivity index (χ0) is 12.3. The highest BCUT2D eigenvalue weighted by Gasteiger charge is 2.22. The van der Waals surface area contributed by atoms with Crippen LogP contribution in [0.3, 0.4) is 0 Å². The fourth-order valence-corrected chi connectivity index (χ4v) is 1.58. The fraction of sp³-hybridized carbons (Fsp3) is 0.455. The first-order valence-electron chi connectivity index (χ1n) is 5.08. The van der Waals surface area contributed by atoms with Gasteiger partial charge < -0.3 is 5.32 Å². The van der Waals surface area contributed by atoms with Crippen molar-refractivity contribution in [2.75, 3.05) is 7.05 Å². The Bertz CT molecular complexity index is 396. The van der Waals surface area contributed by atoms with Crippen LogP contribution in [0.4, 0.5) is 10.1 Å². The van der Waals surface area contributed by atoms with Gasteiger partial charge in [0.1, 0.15) is 5.82 Å². The Labute approximate surface area is 93.6 Å². The van der Waals surface area contributed by atoms with Crippen LogP contribution in [0, 0.1) is 15.9 Å². The van der Waals surface area contributed by atoms with Crippen LogP contribution in [0.15, 0.2) is 18.2 Å².